The molecule has 0 amide bonds. The van der Waals surface area contributed by atoms with Crippen LogP contribution in [0.1, 0.15) is 18.7 Å². The molecule has 0 radical (unpaired) electrons. The van der Waals surface area contributed by atoms with Crippen LogP contribution < -0.4 is 9.47 Å². The lowest BCUT2D eigenvalue weighted by molar-refractivity contribution is 0.344. The van der Waals surface area contributed by atoms with Crippen molar-refractivity contribution in [3.8, 4) is 11.5 Å². The van der Waals surface area contributed by atoms with Crippen molar-refractivity contribution in [1.82, 2.24) is 4.31 Å². The second kappa shape index (κ2) is 7.53. The number of methoxy groups -OCH3 is 2. The number of sulfonamides is 1. The molecule has 0 fully saturated rings. The van der Waals surface area contributed by atoms with Gasteiger partial charge in [0.05, 0.1) is 20.3 Å². The van der Waals surface area contributed by atoms with Crippen molar-refractivity contribution < 1.29 is 22.3 Å². The molecular formula is C19H20BrNO5S. The van der Waals surface area contributed by atoms with Crippen molar-refractivity contribution in [2.45, 2.75) is 17.9 Å². The summed E-state index contributed by atoms with van der Waals surface area (Å²) in [5.41, 5.74) is 0.720. The van der Waals surface area contributed by atoms with E-state index in [2.05, 4.69) is 15.9 Å². The fourth-order valence-corrected chi connectivity index (χ4v) is 5.11. The van der Waals surface area contributed by atoms with Crippen molar-refractivity contribution in [2.24, 2.45) is 0 Å². The molecule has 3 aromatic rings. The van der Waals surface area contributed by atoms with E-state index in [0.29, 0.717) is 21.7 Å². The van der Waals surface area contributed by atoms with E-state index in [1.807, 2.05) is 30.3 Å². The molecule has 1 heterocycles. The highest BCUT2D eigenvalue weighted by molar-refractivity contribution is 9.10. The summed E-state index contributed by atoms with van der Waals surface area (Å²) in [7, 11) is 0.658. The quantitative estimate of drug-likeness (QED) is 0.545. The zero-order valence-electron chi connectivity index (χ0n) is 15.4. The van der Waals surface area contributed by atoms with Gasteiger partial charge in [0.2, 0.25) is 10.0 Å². The first kappa shape index (κ1) is 19.7. The third-order valence-electron chi connectivity index (χ3n) is 4.50. The lowest BCUT2D eigenvalue weighted by Crippen LogP contribution is -2.30. The Morgan fingerprint density at radius 2 is 1.70 bits per heavy atom. The molecule has 144 valence electrons. The maximum absolute atomic E-state index is 13.2. The summed E-state index contributed by atoms with van der Waals surface area (Å²) < 4.78 is 44.4. The molecule has 3 rings (SSSR count). The van der Waals surface area contributed by atoms with E-state index < -0.39 is 16.1 Å². The highest BCUT2D eigenvalue weighted by Crippen LogP contribution is 2.38. The van der Waals surface area contributed by atoms with Crippen molar-refractivity contribution in [3.05, 3.63) is 52.7 Å². The number of hydrogen-bond donors (Lipinski definition) is 0. The molecule has 2 aromatic carbocycles. The molecular weight excluding hydrogens is 434 g/mol. The molecule has 0 aliphatic heterocycles. The van der Waals surface area contributed by atoms with E-state index in [4.69, 9.17) is 13.9 Å². The predicted octanol–water partition coefficient (Wildman–Crippen LogP) is 4.59. The average Bonchev–Trinajstić information content (AvgIpc) is 3.10. The van der Waals surface area contributed by atoms with E-state index in [-0.39, 0.29) is 4.90 Å². The van der Waals surface area contributed by atoms with Crippen LogP contribution in [0.5, 0.6) is 11.5 Å². The Hall–Kier alpha value is -2.03. The Bertz CT molecular complexity index is 1040. The molecule has 0 saturated heterocycles. The number of hydrogen-bond acceptors (Lipinski definition) is 5. The molecule has 0 N–H and O–H groups in total. The first-order chi connectivity index (χ1) is 12.8. The fraction of sp³-hybridized carbons (Fsp3) is 0.263. The van der Waals surface area contributed by atoms with E-state index >= 15 is 0 Å². The van der Waals surface area contributed by atoms with Crippen molar-refractivity contribution in [3.63, 3.8) is 0 Å². The summed E-state index contributed by atoms with van der Waals surface area (Å²) in [4.78, 5) is 0.0885. The summed E-state index contributed by atoms with van der Waals surface area (Å²) in [6.07, 6.45) is 0. The van der Waals surface area contributed by atoms with Gasteiger partial charge in [-0.05, 0) is 41.1 Å². The molecule has 0 aliphatic rings. The monoisotopic (exact) mass is 453 g/mol. The largest absolute Gasteiger partial charge is 0.493 e. The smallest absolute Gasteiger partial charge is 0.244 e. The molecule has 0 aliphatic carbocycles. The highest BCUT2D eigenvalue weighted by atomic mass is 79.9. The Kier molecular flexibility index (Phi) is 5.50. The van der Waals surface area contributed by atoms with Crippen LogP contribution in [0.4, 0.5) is 0 Å². The summed E-state index contributed by atoms with van der Waals surface area (Å²) in [6, 6.07) is 11.9. The molecule has 8 heteroatoms. The van der Waals surface area contributed by atoms with Crippen molar-refractivity contribution in [2.75, 3.05) is 21.3 Å². The van der Waals surface area contributed by atoms with Gasteiger partial charge in [0.1, 0.15) is 16.2 Å². The van der Waals surface area contributed by atoms with Crippen LogP contribution >= 0.6 is 15.9 Å². The number of nitrogens with zero attached hydrogens (tertiary/aromatic N) is 1. The van der Waals surface area contributed by atoms with Crippen LogP contribution in [-0.4, -0.2) is 34.0 Å². The zero-order valence-corrected chi connectivity index (χ0v) is 17.8. The van der Waals surface area contributed by atoms with Crippen LogP contribution in [0.25, 0.3) is 11.0 Å². The SMILES string of the molecule is COc1cc(Br)c(S(=O)(=O)N(C)C(C)c2cc3ccccc3o2)cc1OC. The number of fused-ring (bicyclic) bond motifs is 1. The normalized spacial score (nSPS) is 13.1. The molecule has 27 heavy (non-hydrogen) atoms. The minimum absolute atomic E-state index is 0.0885. The van der Waals surface area contributed by atoms with Crippen LogP contribution in [-0.2, 0) is 10.0 Å². The third-order valence-corrected chi connectivity index (χ3v) is 7.38. The molecule has 0 bridgehead atoms. The number of rotatable bonds is 6. The van der Waals surface area contributed by atoms with E-state index in [1.165, 1.54) is 31.6 Å². The first-order valence-electron chi connectivity index (χ1n) is 8.17. The lowest BCUT2D eigenvalue weighted by Gasteiger charge is -2.24. The maximum atomic E-state index is 13.2. The second-order valence-electron chi connectivity index (χ2n) is 6.02. The Morgan fingerprint density at radius 1 is 1.07 bits per heavy atom. The summed E-state index contributed by atoms with van der Waals surface area (Å²) >= 11 is 3.32. The van der Waals surface area contributed by atoms with Gasteiger partial charge in [-0.15, -0.1) is 0 Å². The topological polar surface area (TPSA) is 69.0 Å². The summed E-state index contributed by atoms with van der Waals surface area (Å²) in [6.45, 7) is 1.78. The van der Waals surface area contributed by atoms with Gasteiger partial charge in [-0.3, -0.25) is 0 Å². The third kappa shape index (κ3) is 3.56. The molecule has 1 aromatic heterocycles. The van der Waals surface area contributed by atoms with Crippen LogP contribution in [0.3, 0.4) is 0 Å². The van der Waals surface area contributed by atoms with Gasteiger partial charge in [-0.1, -0.05) is 18.2 Å². The van der Waals surface area contributed by atoms with Crippen molar-refractivity contribution >= 4 is 36.9 Å². The standard InChI is InChI=1S/C19H20BrNO5S/c1-12(16-9-13-7-5-6-8-15(13)26-16)21(2)27(22,23)19-11-18(25-4)17(24-3)10-14(19)20/h5-12H,1-4H3. The number of furan rings is 1. The minimum Gasteiger partial charge on any atom is -0.493 e. The number of benzene rings is 2. The lowest BCUT2D eigenvalue weighted by atomic mass is 10.2. The molecule has 0 spiro atoms. The predicted molar refractivity (Wildman–Crippen MR) is 107 cm³/mol. The highest BCUT2D eigenvalue weighted by Gasteiger charge is 2.31. The van der Waals surface area contributed by atoms with Gasteiger partial charge >= 0.3 is 0 Å². The van der Waals surface area contributed by atoms with Crippen LogP contribution in [0.2, 0.25) is 0 Å². The summed E-state index contributed by atoms with van der Waals surface area (Å²) in [5.74, 6) is 1.35. The number of halogens is 1. The Morgan fingerprint density at radius 3 is 2.33 bits per heavy atom. The van der Waals surface area contributed by atoms with Crippen LogP contribution in [0.15, 0.2) is 56.2 Å². The Labute approximate surface area is 166 Å². The molecule has 1 atom stereocenters. The van der Waals surface area contributed by atoms with Gasteiger partial charge in [0.25, 0.3) is 0 Å². The molecule has 0 saturated carbocycles. The van der Waals surface area contributed by atoms with Gasteiger partial charge in [0.15, 0.2) is 11.5 Å². The van der Waals surface area contributed by atoms with Crippen molar-refractivity contribution in [1.29, 1.82) is 0 Å². The molecule has 6 nitrogen and oxygen atoms in total. The number of para-hydroxylation sites is 1. The first-order valence-corrected chi connectivity index (χ1v) is 10.4. The second-order valence-corrected chi connectivity index (χ2v) is 8.84. The molecule has 1 unspecified atom stereocenters. The van der Waals surface area contributed by atoms with E-state index in [0.717, 1.165) is 11.0 Å². The van der Waals surface area contributed by atoms with Gasteiger partial charge in [-0.25, -0.2) is 8.42 Å². The van der Waals surface area contributed by atoms with E-state index in [9.17, 15) is 8.42 Å². The minimum atomic E-state index is -3.82. The van der Waals surface area contributed by atoms with Gasteiger partial charge in [0, 0.05) is 23.0 Å². The zero-order chi connectivity index (χ0) is 19.8. The van der Waals surface area contributed by atoms with Gasteiger partial charge in [-0.2, -0.15) is 4.31 Å². The average molecular weight is 454 g/mol. The number of ether oxygens (including phenoxy) is 2. The van der Waals surface area contributed by atoms with Gasteiger partial charge < -0.3 is 13.9 Å². The maximum Gasteiger partial charge on any atom is 0.244 e. The fourth-order valence-electron chi connectivity index (χ4n) is 2.78. The Balaban J connectivity index is 2.01. The summed E-state index contributed by atoms with van der Waals surface area (Å²) in [5, 5.41) is 0.928. The van der Waals surface area contributed by atoms with Crippen LogP contribution in [0, 0.1) is 0 Å². The van der Waals surface area contributed by atoms with E-state index in [1.54, 1.807) is 13.0 Å².